The first-order chi connectivity index (χ1) is 7.37. The Bertz CT molecular complexity index is 209. The van der Waals surface area contributed by atoms with Gasteiger partial charge in [-0.3, -0.25) is 4.90 Å². The van der Waals surface area contributed by atoms with Crippen LogP contribution >= 0.6 is 0 Å². The predicted octanol–water partition coefficient (Wildman–Crippen LogP) is 3.02. The summed E-state index contributed by atoms with van der Waals surface area (Å²) >= 11 is 0. The molecule has 1 rings (SSSR count). The van der Waals surface area contributed by atoms with Crippen LogP contribution in [-0.4, -0.2) is 30.1 Å². The van der Waals surface area contributed by atoms with Crippen LogP contribution in [-0.2, 0) is 0 Å². The molecule has 2 N–H and O–H groups in total. The highest BCUT2D eigenvalue weighted by Crippen LogP contribution is 2.29. The van der Waals surface area contributed by atoms with Crippen LogP contribution in [0.15, 0.2) is 0 Å². The molecule has 0 aromatic heterocycles. The number of hydrogen-bond acceptors (Lipinski definition) is 2. The van der Waals surface area contributed by atoms with Crippen LogP contribution in [0.3, 0.4) is 0 Å². The Morgan fingerprint density at radius 1 is 1.25 bits per heavy atom. The van der Waals surface area contributed by atoms with Crippen LogP contribution in [0.4, 0.5) is 0 Å². The van der Waals surface area contributed by atoms with Crippen molar-refractivity contribution in [3.63, 3.8) is 0 Å². The van der Waals surface area contributed by atoms with E-state index in [9.17, 15) is 0 Å². The van der Waals surface area contributed by atoms with Gasteiger partial charge >= 0.3 is 0 Å². The van der Waals surface area contributed by atoms with Crippen LogP contribution in [0.5, 0.6) is 0 Å². The number of rotatable bonds is 6. The molecule has 1 aliphatic heterocycles. The van der Waals surface area contributed by atoms with Crippen molar-refractivity contribution in [2.75, 3.05) is 19.6 Å². The van der Waals surface area contributed by atoms with Crippen molar-refractivity contribution in [3.05, 3.63) is 0 Å². The molecule has 96 valence electrons. The fourth-order valence-corrected chi connectivity index (χ4v) is 2.59. The van der Waals surface area contributed by atoms with Crippen LogP contribution < -0.4 is 5.73 Å². The lowest BCUT2D eigenvalue weighted by Gasteiger charge is -2.32. The first-order valence-corrected chi connectivity index (χ1v) is 6.82. The summed E-state index contributed by atoms with van der Waals surface area (Å²) in [5.74, 6) is 0. The maximum absolute atomic E-state index is 5.74. The van der Waals surface area contributed by atoms with Crippen molar-refractivity contribution in [3.8, 4) is 0 Å². The number of nitrogens with two attached hydrogens (primary N) is 1. The van der Waals surface area contributed by atoms with Crippen molar-refractivity contribution < 1.29 is 0 Å². The van der Waals surface area contributed by atoms with E-state index in [-0.39, 0.29) is 0 Å². The van der Waals surface area contributed by atoms with Gasteiger partial charge in [-0.25, -0.2) is 0 Å². The molecule has 1 fully saturated rings. The molecule has 2 nitrogen and oxygen atoms in total. The Kier molecular flexibility index (Phi) is 4.81. The molecule has 0 atom stereocenters. The number of unbranched alkanes of at least 4 members (excludes halogenated alkanes) is 1. The van der Waals surface area contributed by atoms with E-state index in [1.54, 1.807) is 0 Å². The van der Waals surface area contributed by atoms with Crippen LogP contribution in [0.25, 0.3) is 0 Å². The molecule has 0 bridgehead atoms. The molecule has 0 aromatic rings. The van der Waals surface area contributed by atoms with Gasteiger partial charge in [-0.05, 0) is 64.6 Å². The normalized spacial score (nSPS) is 21.6. The maximum Gasteiger partial charge on any atom is 0.0153 e. The first kappa shape index (κ1) is 14.0. The zero-order chi connectivity index (χ0) is 12.2. The topological polar surface area (TPSA) is 29.3 Å². The summed E-state index contributed by atoms with van der Waals surface area (Å²) in [7, 11) is 0. The Labute approximate surface area is 102 Å². The van der Waals surface area contributed by atoms with E-state index in [4.69, 9.17) is 5.73 Å². The molecule has 0 saturated carbocycles. The number of nitrogens with zero attached hydrogens (tertiary/aromatic N) is 1. The van der Waals surface area contributed by atoms with Gasteiger partial charge in [-0.1, -0.05) is 20.3 Å². The maximum atomic E-state index is 5.74. The second-order valence-electron chi connectivity index (χ2n) is 6.73. The Hall–Kier alpha value is -0.0800. The molecule has 0 unspecified atom stereocenters. The van der Waals surface area contributed by atoms with E-state index in [1.807, 2.05) is 0 Å². The molecule has 0 spiro atoms. The van der Waals surface area contributed by atoms with Gasteiger partial charge in [0.25, 0.3) is 0 Å². The van der Waals surface area contributed by atoms with Crippen molar-refractivity contribution in [2.24, 2.45) is 11.1 Å². The molecule has 16 heavy (non-hydrogen) atoms. The summed E-state index contributed by atoms with van der Waals surface area (Å²) < 4.78 is 0. The highest BCUT2D eigenvalue weighted by molar-refractivity contribution is 4.87. The van der Waals surface area contributed by atoms with E-state index in [0.717, 1.165) is 6.54 Å². The smallest absolute Gasteiger partial charge is 0.0153 e. The molecule has 1 saturated heterocycles. The average molecular weight is 226 g/mol. The fourth-order valence-electron chi connectivity index (χ4n) is 2.59. The molecule has 0 amide bonds. The van der Waals surface area contributed by atoms with Crippen molar-refractivity contribution in [1.82, 2.24) is 4.90 Å². The van der Waals surface area contributed by atoms with Crippen LogP contribution in [0.1, 0.15) is 59.8 Å². The summed E-state index contributed by atoms with van der Waals surface area (Å²) in [6, 6.07) is 0. The van der Waals surface area contributed by atoms with Crippen molar-refractivity contribution >= 4 is 0 Å². The second-order valence-corrected chi connectivity index (χ2v) is 6.73. The Morgan fingerprint density at radius 3 is 2.44 bits per heavy atom. The minimum absolute atomic E-state index is 0.334. The van der Waals surface area contributed by atoms with Gasteiger partial charge in [0.2, 0.25) is 0 Å². The summed E-state index contributed by atoms with van der Waals surface area (Å²) in [5.41, 5.74) is 6.52. The first-order valence-electron chi connectivity index (χ1n) is 6.82. The molecular weight excluding hydrogens is 196 g/mol. The third kappa shape index (κ3) is 4.06. The lowest BCUT2D eigenvalue weighted by Crippen LogP contribution is -2.38. The van der Waals surface area contributed by atoms with Gasteiger partial charge in [0.05, 0.1) is 0 Å². The highest BCUT2D eigenvalue weighted by Gasteiger charge is 2.30. The van der Waals surface area contributed by atoms with Gasteiger partial charge in [0.1, 0.15) is 0 Å². The van der Waals surface area contributed by atoms with Gasteiger partial charge in [-0.2, -0.15) is 0 Å². The third-order valence-corrected chi connectivity index (χ3v) is 4.16. The van der Waals surface area contributed by atoms with Crippen LogP contribution in [0.2, 0.25) is 0 Å². The Balaban J connectivity index is 2.16. The molecule has 1 heterocycles. The van der Waals surface area contributed by atoms with E-state index in [2.05, 4.69) is 32.6 Å². The summed E-state index contributed by atoms with van der Waals surface area (Å²) in [4.78, 5) is 2.66. The van der Waals surface area contributed by atoms with E-state index < -0.39 is 0 Å². The summed E-state index contributed by atoms with van der Waals surface area (Å²) in [6.45, 7) is 12.7. The lowest BCUT2D eigenvalue weighted by molar-refractivity contribution is 0.168. The van der Waals surface area contributed by atoms with Gasteiger partial charge in [-0.15, -0.1) is 0 Å². The van der Waals surface area contributed by atoms with Crippen molar-refractivity contribution in [2.45, 2.75) is 65.3 Å². The second kappa shape index (κ2) is 5.50. The largest absolute Gasteiger partial charge is 0.330 e. The van der Waals surface area contributed by atoms with Gasteiger partial charge in [0, 0.05) is 5.54 Å². The zero-order valence-corrected chi connectivity index (χ0v) is 11.7. The lowest BCUT2D eigenvalue weighted by atomic mass is 9.87. The predicted molar refractivity (Wildman–Crippen MR) is 71.6 cm³/mol. The molecule has 2 heteroatoms. The highest BCUT2D eigenvalue weighted by atomic mass is 15.2. The molecule has 1 aliphatic rings. The third-order valence-electron chi connectivity index (χ3n) is 4.16. The minimum Gasteiger partial charge on any atom is -0.330 e. The van der Waals surface area contributed by atoms with E-state index in [0.29, 0.717) is 11.0 Å². The van der Waals surface area contributed by atoms with Gasteiger partial charge < -0.3 is 5.73 Å². The standard InChI is InChI=1S/C14H30N2/c1-13(2,12-15)8-5-6-10-16-11-7-9-14(16,3)4/h5-12,15H2,1-4H3. The molecule has 0 aromatic carbocycles. The zero-order valence-electron chi connectivity index (χ0n) is 11.7. The quantitative estimate of drug-likeness (QED) is 0.705. The number of likely N-dealkylation sites (tertiary alicyclic amines) is 1. The monoisotopic (exact) mass is 226 g/mol. The molecule has 0 aliphatic carbocycles. The number of hydrogen-bond donors (Lipinski definition) is 1. The fraction of sp³-hybridized carbons (Fsp3) is 1.00. The SMILES string of the molecule is CC(C)(CN)CCCCN1CCCC1(C)C. The summed E-state index contributed by atoms with van der Waals surface area (Å²) in [6.07, 6.45) is 6.64. The van der Waals surface area contributed by atoms with Gasteiger partial charge in [0.15, 0.2) is 0 Å². The van der Waals surface area contributed by atoms with Crippen LogP contribution in [0, 0.1) is 5.41 Å². The van der Waals surface area contributed by atoms with E-state index in [1.165, 1.54) is 45.2 Å². The molecule has 0 radical (unpaired) electrons. The van der Waals surface area contributed by atoms with E-state index >= 15 is 0 Å². The molecular formula is C14H30N2. The minimum atomic E-state index is 0.334. The van der Waals surface area contributed by atoms with Crippen molar-refractivity contribution in [1.29, 1.82) is 0 Å². The summed E-state index contributed by atoms with van der Waals surface area (Å²) in [5, 5.41) is 0. The Morgan fingerprint density at radius 2 is 1.94 bits per heavy atom. The average Bonchev–Trinajstić information content (AvgIpc) is 2.53.